The summed E-state index contributed by atoms with van der Waals surface area (Å²) in [4.78, 5) is 27.9. The first-order valence-corrected chi connectivity index (χ1v) is 15.0. The molecule has 200 valence electrons. The highest BCUT2D eigenvalue weighted by atomic mass is 16.2. The van der Waals surface area contributed by atoms with Gasteiger partial charge < -0.3 is 20.1 Å². The predicted molar refractivity (Wildman–Crippen MR) is 146 cm³/mol. The third-order valence-electron chi connectivity index (χ3n) is 10.3. The topological polar surface area (TPSA) is 78.3 Å². The summed E-state index contributed by atoms with van der Waals surface area (Å²) < 4.78 is 2.27. The van der Waals surface area contributed by atoms with Crippen LogP contribution in [0.25, 0.3) is 11.0 Å². The highest BCUT2D eigenvalue weighted by molar-refractivity contribution is 5.99. The quantitative estimate of drug-likeness (QED) is 0.643. The number of rotatable bonds is 5. The van der Waals surface area contributed by atoms with Gasteiger partial charge in [0, 0.05) is 62.9 Å². The van der Waals surface area contributed by atoms with Gasteiger partial charge in [-0.25, -0.2) is 4.98 Å². The molecule has 3 aliphatic carbocycles. The molecule has 8 nitrogen and oxygen atoms in total. The molecule has 1 saturated heterocycles. The lowest BCUT2D eigenvalue weighted by Gasteiger charge is -2.43. The summed E-state index contributed by atoms with van der Waals surface area (Å²) in [6.07, 6.45) is 14.1. The third kappa shape index (κ3) is 4.54. The largest absolute Gasteiger partial charge is 0.351 e. The number of amides is 1. The van der Waals surface area contributed by atoms with Crippen LogP contribution in [0.1, 0.15) is 81.6 Å². The van der Waals surface area contributed by atoms with E-state index in [0.29, 0.717) is 12.6 Å². The molecular formula is C29H43N7O. The van der Waals surface area contributed by atoms with E-state index in [1.807, 2.05) is 12.3 Å². The molecule has 2 atom stereocenters. The minimum Gasteiger partial charge on any atom is -0.351 e. The van der Waals surface area contributed by atoms with E-state index in [4.69, 9.17) is 4.98 Å². The fraction of sp³-hybridized carbons (Fsp3) is 0.759. The second-order valence-corrected chi connectivity index (χ2v) is 12.8. The van der Waals surface area contributed by atoms with Gasteiger partial charge in [-0.2, -0.15) is 4.98 Å². The van der Waals surface area contributed by atoms with Crippen molar-refractivity contribution < 1.29 is 4.79 Å². The highest BCUT2D eigenvalue weighted by Crippen LogP contribution is 2.41. The average Bonchev–Trinajstić information content (AvgIpc) is 3.47. The summed E-state index contributed by atoms with van der Waals surface area (Å²) in [6, 6.07) is 3.14. The molecule has 7 rings (SSSR count). The van der Waals surface area contributed by atoms with Gasteiger partial charge in [0.05, 0.1) is 5.54 Å². The first-order chi connectivity index (χ1) is 18.1. The van der Waals surface area contributed by atoms with E-state index < -0.39 is 0 Å². The predicted octanol–water partition coefficient (Wildman–Crippen LogP) is 3.83. The van der Waals surface area contributed by atoms with Gasteiger partial charge in [-0.1, -0.05) is 26.2 Å². The first-order valence-electron chi connectivity index (χ1n) is 15.0. The molecule has 5 aliphatic rings. The van der Waals surface area contributed by atoms with Crippen LogP contribution in [0.15, 0.2) is 12.3 Å². The van der Waals surface area contributed by atoms with E-state index in [0.717, 1.165) is 53.4 Å². The molecule has 0 bridgehead atoms. The Labute approximate surface area is 220 Å². The summed E-state index contributed by atoms with van der Waals surface area (Å²) in [5, 5.41) is 7.80. The van der Waals surface area contributed by atoms with Gasteiger partial charge in [-0.05, 0) is 62.8 Å². The molecule has 4 heterocycles. The number of carbonyl (C=O) groups excluding carboxylic acids is 1. The molecule has 2 aliphatic heterocycles. The Bertz CT molecular complexity index is 1140. The smallest absolute Gasteiger partial charge is 0.268 e. The van der Waals surface area contributed by atoms with E-state index in [-0.39, 0.29) is 11.4 Å². The van der Waals surface area contributed by atoms with Crippen molar-refractivity contribution in [2.45, 2.75) is 88.8 Å². The van der Waals surface area contributed by atoms with Crippen molar-refractivity contribution in [2.75, 3.05) is 44.6 Å². The zero-order valence-electron chi connectivity index (χ0n) is 22.4. The van der Waals surface area contributed by atoms with E-state index in [9.17, 15) is 4.79 Å². The second kappa shape index (κ2) is 9.53. The fourth-order valence-corrected chi connectivity index (χ4v) is 7.79. The van der Waals surface area contributed by atoms with Crippen molar-refractivity contribution in [1.29, 1.82) is 0 Å². The van der Waals surface area contributed by atoms with Crippen LogP contribution in [0.5, 0.6) is 0 Å². The van der Waals surface area contributed by atoms with Crippen molar-refractivity contribution >= 4 is 22.9 Å². The lowest BCUT2D eigenvalue weighted by atomic mass is 9.80. The van der Waals surface area contributed by atoms with Crippen molar-refractivity contribution in [3.63, 3.8) is 0 Å². The van der Waals surface area contributed by atoms with Crippen LogP contribution >= 0.6 is 0 Å². The van der Waals surface area contributed by atoms with Gasteiger partial charge in [0.1, 0.15) is 11.3 Å². The Kier molecular flexibility index (Phi) is 6.15. The van der Waals surface area contributed by atoms with Crippen LogP contribution in [-0.4, -0.2) is 81.6 Å². The van der Waals surface area contributed by atoms with E-state index in [1.165, 1.54) is 84.1 Å². The average molecular weight is 506 g/mol. The van der Waals surface area contributed by atoms with Crippen molar-refractivity contribution in [2.24, 2.45) is 11.8 Å². The molecule has 1 spiro atoms. The van der Waals surface area contributed by atoms with Crippen LogP contribution in [0.3, 0.4) is 0 Å². The number of fused-ring (bicyclic) bond motifs is 4. The summed E-state index contributed by atoms with van der Waals surface area (Å²) in [5.41, 5.74) is 1.65. The number of hydrogen-bond donors (Lipinski definition) is 2. The van der Waals surface area contributed by atoms with Crippen molar-refractivity contribution in [3.8, 4) is 0 Å². The van der Waals surface area contributed by atoms with Crippen LogP contribution in [-0.2, 0) is 5.54 Å². The molecule has 0 aromatic carbocycles. The highest BCUT2D eigenvalue weighted by Gasteiger charge is 2.42. The molecule has 4 fully saturated rings. The van der Waals surface area contributed by atoms with Gasteiger partial charge in [0.15, 0.2) is 0 Å². The minimum absolute atomic E-state index is 0.0185. The second-order valence-electron chi connectivity index (χ2n) is 12.8. The number of nitrogens with one attached hydrogen (secondary N) is 2. The number of anilines is 1. The lowest BCUT2D eigenvalue weighted by Crippen LogP contribution is -2.52. The van der Waals surface area contributed by atoms with Gasteiger partial charge in [-0.15, -0.1) is 0 Å². The van der Waals surface area contributed by atoms with Gasteiger partial charge >= 0.3 is 0 Å². The van der Waals surface area contributed by atoms with Crippen LogP contribution < -0.4 is 10.6 Å². The summed E-state index contributed by atoms with van der Waals surface area (Å²) in [6.45, 7) is 9.40. The van der Waals surface area contributed by atoms with Crippen molar-refractivity contribution in [3.05, 3.63) is 18.0 Å². The molecule has 2 aromatic rings. The Morgan fingerprint density at radius 3 is 2.57 bits per heavy atom. The molecule has 0 radical (unpaired) electrons. The number of aromatic nitrogens is 3. The summed E-state index contributed by atoms with van der Waals surface area (Å²) >= 11 is 0. The third-order valence-corrected chi connectivity index (χ3v) is 10.3. The standard InChI is InChI=1S/C29H43N7O/c1-20-15-22(20)18-34-11-13-35(14-12-34)24-7-5-23(6-8-24)32-28-30-17-21-16-25-27(37)31-19-29(9-3-2-4-10-29)36(25)26(21)33-28/h16-17,20,22-24H,2-15,18-19H2,1H3,(H,31,37)(H,30,32,33). The van der Waals surface area contributed by atoms with E-state index in [2.05, 4.69) is 36.9 Å². The van der Waals surface area contributed by atoms with Crippen molar-refractivity contribution in [1.82, 2.24) is 29.7 Å². The maximum absolute atomic E-state index is 12.7. The number of hydrogen-bond acceptors (Lipinski definition) is 6. The van der Waals surface area contributed by atoms with E-state index in [1.54, 1.807) is 0 Å². The SMILES string of the molecule is CC1CC1CN1CCN(C2CCC(Nc3ncc4cc5n(c4n3)C3(CCCCC3)CNC5=O)CC2)CC1. The zero-order valence-corrected chi connectivity index (χ0v) is 22.4. The maximum Gasteiger partial charge on any atom is 0.268 e. The molecule has 8 heteroatoms. The zero-order chi connectivity index (χ0) is 25.0. The summed E-state index contributed by atoms with van der Waals surface area (Å²) in [7, 11) is 0. The Morgan fingerprint density at radius 2 is 1.84 bits per heavy atom. The minimum atomic E-state index is -0.0339. The number of nitrogens with zero attached hydrogens (tertiary/aromatic N) is 5. The molecule has 3 saturated carbocycles. The van der Waals surface area contributed by atoms with Crippen LogP contribution in [0, 0.1) is 11.8 Å². The van der Waals surface area contributed by atoms with E-state index >= 15 is 0 Å². The van der Waals surface area contributed by atoms with Gasteiger partial charge in [-0.3, -0.25) is 9.69 Å². The van der Waals surface area contributed by atoms with Gasteiger partial charge in [0.2, 0.25) is 5.95 Å². The number of carbonyl (C=O) groups is 1. The Hall–Kier alpha value is -2.19. The molecule has 1 amide bonds. The first kappa shape index (κ1) is 23.9. The number of piperazine rings is 1. The monoisotopic (exact) mass is 505 g/mol. The molecule has 2 aromatic heterocycles. The molecule has 2 unspecified atom stereocenters. The molecule has 2 N–H and O–H groups in total. The molecule has 37 heavy (non-hydrogen) atoms. The lowest BCUT2D eigenvalue weighted by molar-refractivity contribution is 0.0746. The molecular weight excluding hydrogens is 462 g/mol. The Balaban J connectivity index is 0.993. The normalized spacial score (nSPS) is 32.3. The fourth-order valence-electron chi connectivity index (χ4n) is 7.79. The van der Waals surface area contributed by atoms with Gasteiger partial charge in [0.25, 0.3) is 5.91 Å². The van der Waals surface area contributed by atoms with Crippen LogP contribution in [0.2, 0.25) is 0 Å². The Morgan fingerprint density at radius 1 is 1.08 bits per heavy atom. The maximum atomic E-state index is 12.7. The van der Waals surface area contributed by atoms with Crippen LogP contribution in [0.4, 0.5) is 5.95 Å². The summed E-state index contributed by atoms with van der Waals surface area (Å²) in [5.74, 6) is 2.67.